The van der Waals surface area contributed by atoms with Crippen LogP contribution in [0, 0.1) is 0 Å². The molecule has 0 amide bonds. The molecule has 0 spiro atoms. The third kappa shape index (κ3) is 2.12. The summed E-state index contributed by atoms with van der Waals surface area (Å²) in [6, 6.07) is 14.6. The highest BCUT2D eigenvalue weighted by Crippen LogP contribution is 2.26. The molecule has 1 saturated heterocycles. The second-order valence-corrected chi connectivity index (χ2v) is 4.71. The van der Waals surface area contributed by atoms with Gasteiger partial charge in [-0.2, -0.15) is 0 Å². The molecule has 2 aromatic carbocycles. The van der Waals surface area contributed by atoms with E-state index in [1.54, 1.807) is 0 Å². The van der Waals surface area contributed by atoms with Crippen molar-refractivity contribution in [2.75, 3.05) is 19.7 Å². The summed E-state index contributed by atoms with van der Waals surface area (Å²) in [5.74, 6) is 0. The molecule has 18 heavy (non-hydrogen) atoms. The summed E-state index contributed by atoms with van der Waals surface area (Å²) in [5, 5.41) is 5.78. The lowest BCUT2D eigenvalue weighted by molar-refractivity contribution is 0.0125. The van der Waals surface area contributed by atoms with Crippen LogP contribution in [-0.4, -0.2) is 25.8 Å². The van der Waals surface area contributed by atoms with E-state index in [1.165, 1.54) is 16.3 Å². The average molecular weight is 242 g/mol. The smallest absolute Gasteiger partial charge is 0.0892 e. The van der Waals surface area contributed by atoms with Crippen LogP contribution in [-0.2, 0) is 4.74 Å². The summed E-state index contributed by atoms with van der Waals surface area (Å²) in [7, 11) is 0. The molecule has 0 radical (unpaired) electrons. The van der Waals surface area contributed by atoms with Gasteiger partial charge in [0, 0.05) is 13.1 Å². The molecule has 0 saturated carbocycles. The largest absolute Gasteiger partial charge is 0.374 e. The summed E-state index contributed by atoms with van der Waals surface area (Å²) >= 11 is 0. The van der Waals surface area contributed by atoms with Crippen LogP contribution in [0.2, 0.25) is 0 Å². The van der Waals surface area contributed by atoms with Crippen molar-refractivity contribution < 1.29 is 4.74 Å². The lowest BCUT2D eigenvalue weighted by atomic mass is 9.95. The van der Waals surface area contributed by atoms with Gasteiger partial charge in [0.25, 0.3) is 0 Å². The van der Waals surface area contributed by atoms with Crippen molar-refractivity contribution in [1.29, 1.82) is 0 Å². The first-order valence-corrected chi connectivity index (χ1v) is 6.42. The third-order valence-corrected chi connectivity index (χ3v) is 3.54. The number of morpholine rings is 1. The number of nitrogens with two attached hydrogens (primary N) is 1. The molecule has 3 nitrogen and oxygen atoms in total. The maximum atomic E-state index is 6.37. The molecule has 94 valence electrons. The number of ether oxygens (including phenoxy) is 1. The minimum atomic E-state index is -0.0797. The third-order valence-electron chi connectivity index (χ3n) is 3.54. The van der Waals surface area contributed by atoms with Crippen LogP contribution in [0.1, 0.15) is 11.6 Å². The zero-order valence-corrected chi connectivity index (χ0v) is 10.3. The van der Waals surface area contributed by atoms with Gasteiger partial charge in [0.1, 0.15) is 0 Å². The molecular weight excluding hydrogens is 224 g/mol. The number of fused-ring (bicyclic) bond motifs is 1. The molecule has 2 atom stereocenters. The van der Waals surface area contributed by atoms with E-state index < -0.39 is 0 Å². The molecule has 3 rings (SSSR count). The van der Waals surface area contributed by atoms with E-state index in [-0.39, 0.29) is 12.1 Å². The fourth-order valence-electron chi connectivity index (χ4n) is 2.56. The number of hydrogen-bond acceptors (Lipinski definition) is 3. The van der Waals surface area contributed by atoms with E-state index in [9.17, 15) is 0 Å². The molecule has 3 N–H and O–H groups in total. The van der Waals surface area contributed by atoms with Gasteiger partial charge in [0.15, 0.2) is 0 Å². The second kappa shape index (κ2) is 5.06. The molecule has 2 aromatic rings. The van der Waals surface area contributed by atoms with E-state index in [0.717, 1.165) is 19.7 Å². The summed E-state index contributed by atoms with van der Waals surface area (Å²) in [6.07, 6.45) is 0.0598. The fourth-order valence-corrected chi connectivity index (χ4v) is 2.56. The van der Waals surface area contributed by atoms with E-state index in [0.29, 0.717) is 0 Å². The van der Waals surface area contributed by atoms with Crippen LogP contribution in [0.15, 0.2) is 42.5 Å². The van der Waals surface area contributed by atoms with Crippen LogP contribution >= 0.6 is 0 Å². The van der Waals surface area contributed by atoms with Crippen molar-refractivity contribution in [3.05, 3.63) is 48.0 Å². The van der Waals surface area contributed by atoms with E-state index in [1.807, 2.05) is 0 Å². The monoisotopic (exact) mass is 242 g/mol. The quantitative estimate of drug-likeness (QED) is 0.844. The minimum absolute atomic E-state index is 0.0598. The predicted octanol–water partition coefficient (Wildman–Crippen LogP) is 1.83. The Bertz CT molecular complexity index is 530. The van der Waals surface area contributed by atoms with Crippen LogP contribution in [0.3, 0.4) is 0 Å². The summed E-state index contributed by atoms with van der Waals surface area (Å²) in [6.45, 7) is 2.48. The number of benzene rings is 2. The molecule has 0 bridgehead atoms. The summed E-state index contributed by atoms with van der Waals surface area (Å²) in [4.78, 5) is 0. The van der Waals surface area contributed by atoms with Crippen LogP contribution in [0.4, 0.5) is 0 Å². The van der Waals surface area contributed by atoms with Gasteiger partial charge >= 0.3 is 0 Å². The van der Waals surface area contributed by atoms with Crippen LogP contribution < -0.4 is 11.1 Å². The standard InChI is InChI=1S/C15H18N2O/c16-15(14-10-17-8-9-18-14)13-7-3-5-11-4-1-2-6-12(11)13/h1-7,14-15,17H,8-10,16H2. The van der Waals surface area contributed by atoms with Gasteiger partial charge < -0.3 is 15.8 Å². The first-order chi connectivity index (χ1) is 8.86. The summed E-state index contributed by atoms with van der Waals surface area (Å²) < 4.78 is 5.76. The predicted molar refractivity (Wildman–Crippen MR) is 73.5 cm³/mol. The summed E-state index contributed by atoms with van der Waals surface area (Å²) in [5.41, 5.74) is 7.54. The molecule has 2 unspecified atom stereocenters. The Morgan fingerprint density at radius 3 is 2.83 bits per heavy atom. The van der Waals surface area contributed by atoms with Crippen molar-refractivity contribution in [3.8, 4) is 0 Å². The van der Waals surface area contributed by atoms with Gasteiger partial charge in [-0.05, 0) is 16.3 Å². The zero-order chi connectivity index (χ0) is 12.4. The average Bonchev–Trinajstić information content (AvgIpc) is 2.47. The van der Waals surface area contributed by atoms with Gasteiger partial charge in [-0.15, -0.1) is 0 Å². The Morgan fingerprint density at radius 2 is 2.00 bits per heavy atom. The van der Waals surface area contributed by atoms with Crippen molar-refractivity contribution in [2.24, 2.45) is 5.73 Å². The molecule has 1 fully saturated rings. The molecule has 3 heteroatoms. The lowest BCUT2D eigenvalue weighted by Gasteiger charge is -2.29. The first-order valence-electron chi connectivity index (χ1n) is 6.42. The molecule has 0 aromatic heterocycles. The Balaban J connectivity index is 1.97. The minimum Gasteiger partial charge on any atom is -0.374 e. The van der Waals surface area contributed by atoms with Crippen molar-refractivity contribution in [2.45, 2.75) is 12.1 Å². The lowest BCUT2D eigenvalue weighted by Crippen LogP contribution is -2.44. The highest BCUT2D eigenvalue weighted by Gasteiger charge is 2.23. The molecule has 1 aliphatic heterocycles. The Hall–Kier alpha value is -1.42. The fraction of sp³-hybridized carbons (Fsp3) is 0.333. The van der Waals surface area contributed by atoms with Gasteiger partial charge in [-0.25, -0.2) is 0 Å². The number of hydrogen-bond donors (Lipinski definition) is 2. The van der Waals surface area contributed by atoms with Gasteiger partial charge in [-0.1, -0.05) is 42.5 Å². The Kier molecular flexibility index (Phi) is 3.28. The molecule has 1 heterocycles. The van der Waals surface area contributed by atoms with Gasteiger partial charge in [-0.3, -0.25) is 0 Å². The molecule has 1 aliphatic rings. The normalized spacial score (nSPS) is 21.9. The molecular formula is C15H18N2O. The number of rotatable bonds is 2. The first kappa shape index (κ1) is 11.7. The molecule has 0 aliphatic carbocycles. The zero-order valence-electron chi connectivity index (χ0n) is 10.3. The number of nitrogens with one attached hydrogen (secondary N) is 1. The highest BCUT2D eigenvalue weighted by molar-refractivity contribution is 5.86. The van der Waals surface area contributed by atoms with Crippen LogP contribution in [0.5, 0.6) is 0 Å². The topological polar surface area (TPSA) is 47.3 Å². The Morgan fingerprint density at radius 1 is 1.17 bits per heavy atom. The van der Waals surface area contributed by atoms with E-state index in [2.05, 4.69) is 47.8 Å². The SMILES string of the molecule is NC(c1cccc2ccccc12)C1CNCCO1. The van der Waals surface area contributed by atoms with Gasteiger partial charge in [0.05, 0.1) is 18.8 Å². The second-order valence-electron chi connectivity index (χ2n) is 4.71. The van der Waals surface area contributed by atoms with Crippen molar-refractivity contribution in [3.63, 3.8) is 0 Å². The Labute approximate surface area is 107 Å². The van der Waals surface area contributed by atoms with E-state index >= 15 is 0 Å². The van der Waals surface area contributed by atoms with Gasteiger partial charge in [0.2, 0.25) is 0 Å². The van der Waals surface area contributed by atoms with E-state index in [4.69, 9.17) is 10.5 Å². The van der Waals surface area contributed by atoms with Crippen molar-refractivity contribution in [1.82, 2.24) is 5.32 Å². The van der Waals surface area contributed by atoms with Crippen molar-refractivity contribution >= 4 is 10.8 Å². The maximum Gasteiger partial charge on any atom is 0.0892 e. The maximum absolute atomic E-state index is 6.37. The van der Waals surface area contributed by atoms with Crippen LogP contribution in [0.25, 0.3) is 10.8 Å². The highest BCUT2D eigenvalue weighted by atomic mass is 16.5.